The van der Waals surface area contributed by atoms with Gasteiger partial charge in [0.1, 0.15) is 5.58 Å². The van der Waals surface area contributed by atoms with Gasteiger partial charge in [-0.3, -0.25) is 4.79 Å². The van der Waals surface area contributed by atoms with Gasteiger partial charge in [-0.15, -0.1) is 0 Å². The molecule has 6 heteroatoms. The monoisotopic (exact) mass is 388 g/mol. The van der Waals surface area contributed by atoms with Gasteiger partial charge in [0.25, 0.3) is 0 Å². The molecule has 0 aliphatic carbocycles. The number of nitrogens with zero attached hydrogens (tertiary/aromatic N) is 1. The van der Waals surface area contributed by atoms with Crippen molar-refractivity contribution in [1.82, 2.24) is 5.43 Å². The average Bonchev–Trinajstić information content (AvgIpc) is 3.20. The van der Waals surface area contributed by atoms with Crippen LogP contribution in [-0.2, 0) is 0 Å². The lowest BCUT2D eigenvalue weighted by Gasteiger charge is -2.11. The topological polar surface area (TPSA) is 73.1 Å². The molecule has 0 fully saturated rings. The van der Waals surface area contributed by atoms with Gasteiger partial charge in [0.05, 0.1) is 19.9 Å². The van der Waals surface area contributed by atoms with Gasteiger partial charge in [0.15, 0.2) is 17.3 Å². The number of methoxy groups -OCH3 is 1. The van der Waals surface area contributed by atoms with Crippen LogP contribution < -0.4 is 14.9 Å². The van der Waals surface area contributed by atoms with Crippen molar-refractivity contribution in [3.05, 3.63) is 72.0 Å². The van der Waals surface area contributed by atoms with E-state index in [-0.39, 0.29) is 5.76 Å². The molecule has 1 aromatic heterocycles. The number of carbonyl (C=O) groups is 1. The van der Waals surface area contributed by atoms with Crippen LogP contribution in [0.5, 0.6) is 11.5 Å². The number of hydrogen-bond donors (Lipinski definition) is 1. The van der Waals surface area contributed by atoms with Crippen LogP contribution in [0, 0.1) is 0 Å². The van der Waals surface area contributed by atoms with Crippen LogP contribution in [0.25, 0.3) is 21.7 Å². The number of hydrazone groups is 1. The van der Waals surface area contributed by atoms with Crippen LogP contribution in [0.4, 0.5) is 0 Å². The van der Waals surface area contributed by atoms with E-state index in [4.69, 9.17) is 13.9 Å². The fourth-order valence-electron chi connectivity index (χ4n) is 3.21. The SMILES string of the molecule is CCOc1c(/C=N/NC(=O)c2cc3c(ccc4ccccc43)o2)cccc1OC. The molecule has 1 N–H and O–H groups in total. The molecule has 0 saturated heterocycles. The maximum Gasteiger partial charge on any atom is 0.307 e. The summed E-state index contributed by atoms with van der Waals surface area (Å²) in [5.74, 6) is 0.948. The standard InChI is InChI=1S/C23H20N2O4/c1-3-28-22-16(8-6-10-20(22)27-2)14-24-25-23(26)21-13-18-17-9-5-4-7-15(17)11-12-19(18)29-21/h4-14H,3H2,1-2H3,(H,25,26)/b24-14+. The number of fused-ring (bicyclic) bond motifs is 3. The van der Waals surface area contributed by atoms with Crippen molar-refractivity contribution in [1.29, 1.82) is 0 Å². The molecule has 0 aliphatic rings. The van der Waals surface area contributed by atoms with Crippen molar-refractivity contribution < 1.29 is 18.7 Å². The highest BCUT2D eigenvalue weighted by molar-refractivity contribution is 6.08. The summed E-state index contributed by atoms with van der Waals surface area (Å²) in [5.41, 5.74) is 3.86. The maximum atomic E-state index is 12.5. The van der Waals surface area contributed by atoms with Gasteiger partial charge in [-0.25, -0.2) is 5.43 Å². The number of ether oxygens (including phenoxy) is 2. The molecule has 0 aliphatic heterocycles. The minimum absolute atomic E-state index is 0.198. The highest BCUT2D eigenvalue weighted by atomic mass is 16.5. The minimum atomic E-state index is -0.428. The van der Waals surface area contributed by atoms with E-state index in [9.17, 15) is 4.79 Å². The number of amides is 1. The van der Waals surface area contributed by atoms with Gasteiger partial charge in [0, 0.05) is 10.9 Å². The first-order chi connectivity index (χ1) is 14.2. The molecule has 1 amide bonds. The molecule has 0 unspecified atom stereocenters. The molecule has 6 nitrogen and oxygen atoms in total. The summed E-state index contributed by atoms with van der Waals surface area (Å²) in [4.78, 5) is 12.5. The van der Waals surface area contributed by atoms with E-state index in [0.717, 1.165) is 16.2 Å². The van der Waals surface area contributed by atoms with E-state index in [2.05, 4.69) is 10.5 Å². The van der Waals surface area contributed by atoms with Gasteiger partial charge in [-0.05, 0) is 42.0 Å². The number of furan rings is 1. The molecule has 29 heavy (non-hydrogen) atoms. The third kappa shape index (κ3) is 3.65. The van der Waals surface area contributed by atoms with Crippen LogP contribution in [0.15, 0.2) is 70.2 Å². The maximum absolute atomic E-state index is 12.5. The molecule has 0 atom stereocenters. The fourth-order valence-corrected chi connectivity index (χ4v) is 3.21. The van der Waals surface area contributed by atoms with Crippen LogP contribution in [-0.4, -0.2) is 25.8 Å². The predicted octanol–water partition coefficient (Wildman–Crippen LogP) is 4.76. The van der Waals surface area contributed by atoms with Crippen molar-refractivity contribution in [3.8, 4) is 11.5 Å². The molecule has 1 heterocycles. The first kappa shape index (κ1) is 18.6. The largest absolute Gasteiger partial charge is 0.493 e. The number of nitrogens with one attached hydrogen (secondary N) is 1. The number of hydrogen-bond acceptors (Lipinski definition) is 5. The van der Waals surface area contributed by atoms with E-state index in [1.165, 1.54) is 6.21 Å². The molecular formula is C23H20N2O4. The summed E-state index contributed by atoms with van der Waals surface area (Å²) < 4.78 is 16.7. The Kier molecular flexibility index (Phi) is 5.16. The van der Waals surface area contributed by atoms with E-state index >= 15 is 0 Å². The van der Waals surface area contributed by atoms with Crippen molar-refractivity contribution in [3.63, 3.8) is 0 Å². The zero-order valence-electron chi connectivity index (χ0n) is 16.1. The Bertz CT molecular complexity index is 1210. The second-order valence-corrected chi connectivity index (χ2v) is 6.32. The summed E-state index contributed by atoms with van der Waals surface area (Å²) in [7, 11) is 1.58. The fraction of sp³-hybridized carbons (Fsp3) is 0.130. The average molecular weight is 388 g/mol. The lowest BCUT2D eigenvalue weighted by atomic mass is 10.1. The van der Waals surface area contributed by atoms with Crippen molar-refractivity contribution >= 4 is 33.9 Å². The summed E-state index contributed by atoms with van der Waals surface area (Å²) in [6, 6.07) is 19.0. The Hall–Kier alpha value is -3.80. The summed E-state index contributed by atoms with van der Waals surface area (Å²) >= 11 is 0. The zero-order valence-corrected chi connectivity index (χ0v) is 16.1. The summed E-state index contributed by atoms with van der Waals surface area (Å²) in [6.07, 6.45) is 1.52. The highest BCUT2D eigenvalue weighted by Crippen LogP contribution is 2.30. The van der Waals surface area contributed by atoms with Crippen LogP contribution in [0.2, 0.25) is 0 Å². The van der Waals surface area contributed by atoms with Crippen LogP contribution in [0.1, 0.15) is 23.0 Å². The minimum Gasteiger partial charge on any atom is -0.493 e. The number of carbonyl (C=O) groups excluding carboxylic acids is 1. The van der Waals surface area contributed by atoms with Gasteiger partial charge in [0.2, 0.25) is 0 Å². The van der Waals surface area contributed by atoms with Crippen molar-refractivity contribution in [2.45, 2.75) is 6.92 Å². The Balaban J connectivity index is 1.57. The molecule has 146 valence electrons. The third-order valence-corrected chi connectivity index (χ3v) is 4.54. The number of rotatable bonds is 6. The molecule has 3 aromatic carbocycles. The van der Waals surface area contributed by atoms with Crippen LogP contribution >= 0.6 is 0 Å². The van der Waals surface area contributed by atoms with E-state index in [1.807, 2.05) is 55.5 Å². The predicted molar refractivity (Wildman–Crippen MR) is 113 cm³/mol. The molecule has 0 saturated carbocycles. The lowest BCUT2D eigenvalue weighted by Crippen LogP contribution is -2.16. The van der Waals surface area contributed by atoms with E-state index < -0.39 is 5.91 Å². The number of para-hydroxylation sites is 1. The molecule has 0 spiro atoms. The van der Waals surface area contributed by atoms with Gasteiger partial charge in [-0.2, -0.15) is 5.10 Å². The molecule has 4 rings (SSSR count). The normalized spacial score (nSPS) is 11.2. The Morgan fingerprint density at radius 2 is 1.97 bits per heavy atom. The van der Waals surface area contributed by atoms with Crippen LogP contribution in [0.3, 0.4) is 0 Å². The second kappa shape index (κ2) is 8.06. The number of benzene rings is 3. The van der Waals surface area contributed by atoms with E-state index in [0.29, 0.717) is 29.3 Å². The first-order valence-electron chi connectivity index (χ1n) is 9.25. The Morgan fingerprint density at radius 3 is 2.79 bits per heavy atom. The van der Waals surface area contributed by atoms with Gasteiger partial charge in [-0.1, -0.05) is 36.4 Å². The smallest absolute Gasteiger partial charge is 0.307 e. The highest BCUT2D eigenvalue weighted by Gasteiger charge is 2.14. The van der Waals surface area contributed by atoms with Gasteiger partial charge >= 0.3 is 5.91 Å². The Labute approximate surface area is 167 Å². The Morgan fingerprint density at radius 1 is 1.10 bits per heavy atom. The van der Waals surface area contributed by atoms with Crippen molar-refractivity contribution in [2.75, 3.05) is 13.7 Å². The molecule has 4 aromatic rings. The zero-order chi connectivity index (χ0) is 20.2. The quantitative estimate of drug-likeness (QED) is 0.382. The second-order valence-electron chi connectivity index (χ2n) is 6.32. The summed E-state index contributed by atoms with van der Waals surface area (Å²) in [5, 5.41) is 7.07. The lowest BCUT2D eigenvalue weighted by molar-refractivity contribution is 0.0929. The first-order valence-corrected chi connectivity index (χ1v) is 9.25. The molecule has 0 bridgehead atoms. The van der Waals surface area contributed by atoms with E-state index in [1.54, 1.807) is 19.2 Å². The molecule has 0 radical (unpaired) electrons. The third-order valence-electron chi connectivity index (χ3n) is 4.54. The van der Waals surface area contributed by atoms with Crippen molar-refractivity contribution in [2.24, 2.45) is 5.10 Å². The van der Waals surface area contributed by atoms with Gasteiger partial charge < -0.3 is 13.9 Å². The summed E-state index contributed by atoms with van der Waals surface area (Å²) in [6.45, 7) is 2.38. The molecular weight excluding hydrogens is 368 g/mol.